The van der Waals surface area contributed by atoms with Crippen LogP contribution in [0.5, 0.6) is 0 Å². The standard InChI is InChI=1S/C27H25N3O4/c31-24-21-9-8-18-5-1-2-7-20(18)25(21)34-26-22(24)23(19-6-3-10-28-17-19)30(27(26)32)12-4-11-29-13-15-33-16-14-29/h1-3,5-10,17,23H,4,11-16H2. The number of rotatable bonds is 5. The third-order valence-corrected chi connectivity index (χ3v) is 6.84. The molecule has 2 aliphatic rings. The van der Waals surface area contributed by atoms with Gasteiger partial charge in [-0.2, -0.15) is 0 Å². The molecule has 2 aromatic carbocycles. The van der Waals surface area contributed by atoms with Gasteiger partial charge in [-0.05, 0) is 29.5 Å². The Bertz CT molecular complexity index is 1430. The van der Waals surface area contributed by atoms with Crippen molar-refractivity contribution < 1.29 is 13.9 Å². The van der Waals surface area contributed by atoms with E-state index in [9.17, 15) is 9.59 Å². The van der Waals surface area contributed by atoms with Gasteiger partial charge in [0.25, 0.3) is 5.91 Å². The van der Waals surface area contributed by atoms with Crippen LogP contribution in [0.3, 0.4) is 0 Å². The lowest BCUT2D eigenvalue weighted by atomic mass is 9.98. The van der Waals surface area contributed by atoms with E-state index in [0.717, 1.165) is 55.6 Å². The van der Waals surface area contributed by atoms with Gasteiger partial charge in [0.1, 0.15) is 5.58 Å². The number of amides is 1. The Morgan fingerprint density at radius 3 is 2.62 bits per heavy atom. The summed E-state index contributed by atoms with van der Waals surface area (Å²) in [7, 11) is 0. The molecule has 0 spiro atoms. The summed E-state index contributed by atoms with van der Waals surface area (Å²) in [5.41, 5.74) is 1.54. The zero-order valence-electron chi connectivity index (χ0n) is 18.8. The molecule has 1 fully saturated rings. The van der Waals surface area contributed by atoms with Crippen LogP contribution in [0.1, 0.15) is 34.1 Å². The molecule has 1 saturated heterocycles. The van der Waals surface area contributed by atoms with Gasteiger partial charge in [-0.15, -0.1) is 0 Å². The Balaban J connectivity index is 1.44. The van der Waals surface area contributed by atoms with Crippen LogP contribution in [0, 0.1) is 0 Å². The molecule has 0 radical (unpaired) electrons. The van der Waals surface area contributed by atoms with Gasteiger partial charge in [-0.3, -0.25) is 19.5 Å². The van der Waals surface area contributed by atoms with Gasteiger partial charge in [-0.25, -0.2) is 0 Å². The van der Waals surface area contributed by atoms with E-state index in [2.05, 4.69) is 9.88 Å². The zero-order chi connectivity index (χ0) is 23.1. The van der Waals surface area contributed by atoms with Crippen LogP contribution < -0.4 is 5.43 Å². The summed E-state index contributed by atoms with van der Waals surface area (Å²) in [6, 6.07) is 14.7. The van der Waals surface area contributed by atoms with E-state index in [-0.39, 0.29) is 17.1 Å². The van der Waals surface area contributed by atoms with Crippen LogP contribution >= 0.6 is 0 Å². The molecule has 2 aliphatic heterocycles. The number of morpholine rings is 1. The van der Waals surface area contributed by atoms with Gasteiger partial charge in [0.05, 0.1) is 30.2 Å². The van der Waals surface area contributed by atoms with Crippen LogP contribution in [-0.4, -0.2) is 60.1 Å². The van der Waals surface area contributed by atoms with E-state index in [1.807, 2.05) is 42.5 Å². The van der Waals surface area contributed by atoms with E-state index in [1.54, 1.807) is 23.4 Å². The fourth-order valence-electron chi connectivity index (χ4n) is 5.15. The first-order chi connectivity index (χ1) is 16.7. The molecule has 34 heavy (non-hydrogen) atoms. The molecule has 7 heteroatoms. The zero-order valence-corrected chi connectivity index (χ0v) is 18.8. The van der Waals surface area contributed by atoms with Crippen molar-refractivity contribution in [1.29, 1.82) is 0 Å². The molecule has 7 nitrogen and oxygen atoms in total. The van der Waals surface area contributed by atoms with Crippen LogP contribution in [0.25, 0.3) is 21.7 Å². The maximum Gasteiger partial charge on any atom is 0.290 e. The highest BCUT2D eigenvalue weighted by atomic mass is 16.5. The lowest BCUT2D eigenvalue weighted by Gasteiger charge is -2.29. The Labute approximate surface area is 196 Å². The summed E-state index contributed by atoms with van der Waals surface area (Å²) in [6.07, 6.45) is 4.22. The summed E-state index contributed by atoms with van der Waals surface area (Å²) < 4.78 is 11.7. The first-order valence-corrected chi connectivity index (χ1v) is 11.7. The first-order valence-electron chi connectivity index (χ1n) is 11.7. The number of hydrogen-bond acceptors (Lipinski definition) is 6. The molecule has 0 aliphatic carbocycles. The van der Waals surface area contributed by atoms with Crippen molar-refractivity contribution in [2.24, 2.45) is 0 Å². The third kappa shape index (κ3) is 3.48. The molecule has 2 aromatic heterocycles. The monoisotopic (exact) mass is 455 g/mol. The second-order valence-corrected chi connectivity index (χ2v) is 8.83. The number of aromatic nitrogens is 1. The van der Waals surface area contributed by atoms with E-state index in [4.69, 9.17) is 9.15 Å². The lowest BCUT2D eigenvalue weighted by molar-refractivity contribution is 0.0353. The minimum absolute atomic E-state index is 0.147. The molecule has 6 rings (SSSR count). The summed E-state index contributed by atoms with van der Waals surface area (Å²) in [5.74, 6) is -0.0909. The Morgan fingerprint density at radius 2 is 1.79 bits per heavy atom. The van der Waals surface area contributed by atoms with Crippen molar-refractivity contribution in [3.8, 4) is 0 Å². The van der Waals surface area contributed by atoms with Crippen molar-refractivity contribution in [3.63, 3.8) is 0 Å². The van der Waals surface area contributed by atoms with Gasteiger partial charge >= 0.3 is 0 Å². The smallest absolute Gasteiger partial charge is 0.290 e. The van der Waals surface area contributed by atoms with Crippen molar-refractivity contribution in [2.45, 2.75) is 12.5 Å². The van der Waals surface area contributed by atoms with Crippen molar-refractivity contribution >= 4 is 27.6 Å². The molecular weight excluding hydrogens is 430 g/mol. The number of hydrogen-bond donors (Lipinski definition) is 0. The summed E-state index contributed by atoms with van der Waals surface area (Å²) in [5, 5.41) is 2.29. The largest absolute Gasteiger partial charge is 0.450 e. The van der Waals surface area contributed by atoms with Crippen LogP contribution in [-0.2, 0) is 4.74 Å². The van der Waals surface area contributed by atoms with Gasteiger partial charge < -0.3 is 14.1 Å². The van der Waals surface area contributed by atoms with Gasteiger partial charge in [0.2, 0.25) is 5.76 Å². The number of fused-ring (bicyclic) bond motifs is 4. The molecule has 1 atom stereocenters. The SMILES string of the molecule is O=C1c2oc3c(ccc4ccccc43)c(=O)c2C(c2cccnc2)N1CCCN1CCOCC1. The van der Waals surface area contributed by atoms with Gasteiger partial charge in [0.15, 0.2) is 5.43 Å². The maximum atomic E-state index is 13.8. The number of benzene rings is 2. The highest BCUT2D eigenvalue weighted by Crippen LogP contribution is 2.39. The van der Waals surface area contributed by atoms with Gasteiger partial charge in [0, 0.05) is 44.0 Å². The number of ether oxygens (including phenoxy) is 1. The molecule has 4 heterocycles. The first kappa shape index (κ1) is 21.0. The second kappa shape index (κ2) is 8.66. The fourth-order valence-corrected chi connectivity index (χ4v) is 5.15. The average Bonchev–Trinajstić information content (AvgIpc) is 3.17. The summed E-state index contributed by atoms with van der Waals surface area (Å²) >= 11 is 0. The van der Waals surface area contributed by atoms with E-state index in [0.29, 0.717) is 23.1 Å². The Morgan fingerprint density at radius 1 is 0.941 bits per heavy atom. The van der Waals surface area contributed by atoms with Crippen LogP contribution in [0.4, 0.5) is 0 Å². The van der Waals surface area contributed by atoms with E-state index in [1.165, 1.54) is 0 Å². The third-order valence-electron chi connectivity index (χ3n) is 6.84. The number of carbonyl (C=O) groups excluding carboxylic acids is 1. The second-order valence-electron chi connectivity index (χ2n) is 8.83. The molecule has 1 amide bonds. The van der Waals surface area contributed by atoms with Crippen molar-refractivity contribution in [1.82, 2.24) is 14.8 Å². The highest BCUT2D eigenvalue weighted by Gasteiger charge is 2.42. The minimum Gasteiger partial charge on any atom is -0.450 e. The molecule has 1 unspecified atom stereocenters. The predicted molar refractivity (Wildman–Crippen MR) is 129 cm³/mol. The van der Waals surface area contributed by atoms with Crippen molar-refractivity contribution in [3.05, 3.63) is 88.0 Å². The number of pyridine rings is 1. The molecular formula is C27H25N3O4. The maximum absolute atomic E-state index is 13.8. The molecule has 4 aromatic rings. The normalized spacial score (nSPS) is 18.6. The topological polar surface area (TPSA) is 75.9 Å². The number of nitrogens with zero attached hydrogens (tertiary/aromatic N) is 3. The van der Waals surface area contributed by atoms with E-state index < -0.39 is 6.04 Å². The molecule has 0 N–H and O–H groups in total. The quantitative estimate of drug-likeness (QED) is 0.428. The number of carbonyl (C=O) groups is 1. The fraction of sp³-hybridized carbons (Fsp3) is 0.296. The van der Waals surface area contributed by atoms with Crippen LogP contribution in [0.15, 0.2) is 70.1 Å². The summed E-state index contributed by atoms with van der Waals surface area (Å²) in [4.78, 5) is 35.8. The van der Waals surface area contributed by atoms with Gasteiger partial charge in [-0.1, -0.05) is 36.4 Å². The van der Waals surface area contributed by atoms with E-state index >= 15 is 0 Å². The summed E-state index contributed by atoms with van der Waals surface area (Å²) in [6.45, 7) is 4.68. The molecule has 172 valence electrons. The molecule has 0 saturated carbocycles. The van der Waals surface area contributed by atoms with Crippen LogP contribution in [0.2, 0.25) is 0 Å². The predicted octanol–water partition coefficient (Wildman–Crippen LogP) is 3.61. The molecule has 0 bridgehead atoms. The lowest BCUT2D eigenvalue weighted by Crippen LogP contribution is -2.38. The average molecular weight is 456 g/mol. The van der Waals surface area contributed by atoms with Crippen molar-refractivity contribution in [2.75, 3.05) is 39.4 Å². The Hall–Kier alpha value is -3.55. The minimum atomic E-state index is -0.506. The highest BCUT2D eigenvalue weighted by molar-refractivity contribution is 6.06. The Kier molecular flexibility index (Phi) is 5.36.